The average Bonchev–Trinajstić information content (AvgIpc) is 3.55. The first-order chi connectivity index (χ1) is 20.5. The number of hydrogen-bond acceptors (Lipinski definition) is 11. The highest BCUT2D eigenvalue weighted by molar-refractivity contribution is 6.42. The van der Waals surface area contributed by atoms with Crippen LogP contribution < -0.4 is 5.32 Å². The quantitative estimate of drug-likeness (QED) is 0.187. The number of alkyl carbamates (subject to hydrolysis) is 1. The molecular weight excluding hydrogens is 621 g/mol. The topological polar surface area (TPSA) is 153 Å². The van der Waals surface area contributed by atoms with Gasteiger partial charge in [0.1, 0.15) is 5.60 Å². The van der Waals surface area contributed by atoms with E-state index in [9.17, 15) is 24.0 Å². The number of carbonyl (C=O) groups excluding carboxylic acids is 5. The summed E-state index contributed by atoms with van der Waals surface area (Å²) in [6.07, 6.45) is -1.81. The summed E-state index contributed by atoms with van der Waals surface area (Å²) in [6.45, 7) is 10.1. The van der Waals surface area contributed by atoms with E-state index < -0.39 is 90.4 Å². The summed E-state index contributed by atoms with van der Waals surface area (Å²) in [6, 6.07) is 4.89. The molecule has 5 atom stereocenters. The monoisotopic (exact) mass is 659 g/mol. The summed E-state index contributed by atoms with van der Waals surface area (Å²) in [7, 11) is 0. The fourth-order valence-corrected chi connectivity index (χ4v) is 5.39. The summed E-state index contributed by atoms with van der Waals surface area (Å²) in [5.74, 6) is -5.95. The molecule has 2 aliphatic carbocycles. The van der Waals surface area contributed by atoms with Crippen molar-refractivity contribution in [1.29, 1.82) is 0 Å². The van der Waals surface area contributed by atoms with E-state index in [2.05, 4.69) is 5.32 Å². The van der Waals surface area contributed by atoms with Crippen molar-refractivity contribution < 1.29 is 52.4 Å². The van der Waals surface area contributed by atoms with Crippen molar-refractivity contribution >= 4 is 53.2 Å². The molecule has 0 spiro atoms. The van der Waals surface area contributed by atoms with Gasteiger partial charge in [0, 0.05) is 5.92 Å². The molecule has 1 aromatic rings. The van der Waals surface area contributed by atoms with E-state index in [1.165, 1.54) is 0 Å². The molecule has 0 saturated heterocycles. The number of ether oxygens (including phenoxy) is 6. The van der Waals surface area contributed by atoms with E-state index in [1.54, 1.807) is 66.7 Å². The number of amides is 1. The number of carbonyl (C=O) groups is 5. The lowest BCUT2D eigenvalue weighted by molar-refractivity contribution is -0.180. The average molecular weight is 661 g/mol. The Hall–Kier alpha value is -3.09. The summed E-state index contributed by atoms with van der Waals surface area (Å²) >= 11 is 12.2. The first-order valence-corrected chi connectivity index (χ1v) is 15.0. The molecule has 2 saturated carbocycles. The summed E-state index contributed by atoms with van der Waals surface area (Å²) in [4.78, 5) is 63.9. The highest BCUT2D eigenvalue weighted by Crippen LogP contribution is 2.64. The fraction of sp³-hybridized carbons (Fsp3) is 0.633. The number of nitrogens with one attached hydrogen (secondary N) is 1. The largest absolute Gasteiger partial charge is 0.444 e. The molecule has 2 fully saturated rings. The van der Waals surface area contributed by atoms with Gasteiger partial charge in [-0.05, 0) is 50.8 Å². The molecule has 2 aliphatic rings. The van der Waals surface area contributed by atoms with Crippen LogP contribution >= 0.6 is 23.2 Å². The van der Waals surface area contributed by atoms with Gasteiger partial charge in [0.15, 0.2) is 5.54 Å². The smallest absolute Gasteiger partial charge is 0.408 e. The molecule has 1 N–H and O–H groups in total. The number of halogens is 2. The summed E-state index contributed by atoms with van der Waals surface area (Å²) in [5.41, 5.74) is -2.24. The van der Waals surface area contributed by atoms with E-state index in [-0.39, 0.29) is 13.0 Å². The van der Waals surface area contributed by atoms with Crippen LogP contribution in [-0.4, -0.2) is 60.8 Å². The predicted octanol–water partition coefficient (Wildman–Crippen LogP) is 4.81. The predicted molar refractivity (Wildman–Crippen MR) is 156 cm³/mol. The Labute approximate surface area is 266 Å². The zero-order valence-corrected chi connectivity index (χ0v) is 27.3. The van der Waals surface area contributed by atoms with E-state index >= 15 is 0 Å². The second kappa shape index (κ2) is 14.3. The molecule has 0 radical (unpaired) electrons. The van der Waals surface area contributed by atoms with Crippen LogP contribution in [0.3, 0.4) is 0 Å². The van der Waals surface area contributed by atoms with E-state index in [0.29, 0.717) is 15.6 Å². The Morgan fingerprint density at radius 1 is 0.909 bits per heavy atom. The van der Waals surface area contributed by atoms with Gasteiger partial charge < -0.3 is 33.7 Å². The Kier molecular flexibility index (Phi) is 11.5. The lowest BCUT2D eigenvalue weighted by atomic mass is 9.87. The number of benzene rings is 1. The van der Waals surface area contributed by atoms with Gasteiger partial charge >= 0.3 is 30.0 Å². The molecule has 1 amide bonds. The zero-order chi connectivity index (χ0) is 33.0. The number of rotatable bonds is 12. The number of esters is 4. The molecule has 0 aliphatic heterocycles. The second-order valence-electron chi connectivity index (χ2n) is 12.4. The van der Waals surface area contributed by atoms with Crippen LogP contribution in [0.25, 0.3) is 0 Å². The van der Waals surface area contributed by atoms with Crippen LogP contribution in [0.4, 0.5) is 4.79 Å². The van der Waals surface area contributed by atoms with Gasteiger partial charge in [0.2, 0.25) is 13.6 Å². The van der Waals surface area contributed by atoms with Crippen LogP contribution in [0.2, 0.25) is 10.0 Å². The Morgan fingerprint density at radius 3 is 2.05 bits per heavy atom. The fourth-order valence-electron chi connectivity index (χ4n) is 5.07. The minimum absolute atomic E-state index is 0.0331. The maximum Gasteiger partial charge on any atom is 0.408 e. The highest BCUT2D eigenvalue weighted by atomic mass is 35.5. The molecule has 0 aromatic heterocycles. The minimum Gasteiger partial charge on any atom is -0.444 e. The van der Waals surface area contributed by atoms with E-state index in [4.69, 9.17) is 51.6 Å². The molecule has 5 unspecified atom stereocenters. The van der Waals surface area contributed by atoms with Crippen LogP contribution in [0.5, 0.6) is 0 Å². The number of hydrogen-bond donors (Lipinski definition) is 1. The van der Waals surface area contributed by atoms with Gasteiger partial charge in [-0.3, -0.25) is 14.4 Å². The molecule has 1 aromatic carbocycles. The van der Waals surface area contributed by atoms with Crippen molar-refractivity contribution in [3.63, 3.8) is 0 Å². The molecular formula is C30H39Cl2NO11. The number of fused-ring (bicyclic) bond motifs is 1. The third kappa shape index (κ3) is 8.54. The SMILES string of the molecule is CC(C)C(=O)OCOC(=O)C1C2CC(OCc3ccc(Cl)c(Cl)c3)C(NC(=O)OC(C)(C)C)(C(=O)OCOC(=O)C(C)C)C21. The summed E-state index contributed by atoms with van der Waals surface area (Å²) in [5, 5.41) is 3.28. The normalized spacial score (nSPS) is 23.9. The van der Waals surface area contributed by atoms with Gasteiger partial charge in [0.05, 0.1) is 40.5 Å². The Balaban J connectivity index is 1.90. The first-order valence-electron chi connectivity index (χ1n) is 14.2. The molecule has 14 heteroatoms. The van der Waals surface area contributed by atoms with Crippen molar-refractivity contribution in [3.8, 4) is 0 Å². The minimum atomic E-state index is -1.94. The molecule has 12 nitrogen and oxygen atoms in total. The van der Waals surface area contributed by atoms with Gasteiger partial charge in [0.25, 0.3) is 0 Å². The third-order valence-corrected chi connectivity index (χ3v) is 7.92. The lowest BCUT2D eigenvalue weighted by Crippen LogP contribution is -2.64. The second-order valence-corrected chi connectivity index (χ2v) is 13.2. The standard InChI is InChI=1S/C30H39Cl2NO11/c1-15(2)24(34)40-13-42-26(36)22-18-11-21(39-12-17-8-9-19(31)20(32)10-17)30(23(18)22,33-28(38)44-29(5,6)7)27(37)43-14-41-25(35)16(3)4/h8-10,15-16,18,21-23H,11-14H2,1-7H3,(H,33,38). The van der Waals surface area contributed by atoms with Gasteiger partial charge in [-0.2, -0.15) is 0 Å². The van der Waals surface area contributed by atoms with Gasteiger partial charge in [-0.25, -0.2) is 9.59 Å². The summed E-state index contributed by atoms with van der Waals surface area (Å²) < 4.78 is 32.2. The van der Waals surface area contributed by atoms with Crippen molar-refractivity contribution in [2.75, 3.05) is 13.6 Å². The van der Waals surface area contributed by atoms with Crippen LogP contribution in [-0.2, 0) is 54.2 Å². The van der Waals surface area contributed by atoms with E-state index in [0.717, 1.165) is 0 Å². The van der Waals surface area contributed by atoms with Crippen LogP contribution in [0.1, 0.15) is 60.5 Å². The van der Waals surface area contributed by atoms with Crippen molar-refractivity contribution in [2.24, 2.45) is 29.6 Å². The Morgan fingerprint density at radius 2 is 1.50 bits per heavy atom. The lowest BCUT2D eigenvalue weighted by Gasteiger charge is -2.37. The molecule has 3 rings (SSSR count). The first kappa shape index (κ1) is 35.4. The van der Waals surface area contributed by atoms with Gasteiger partial charge in [-0.15, -0.1) is 0 Å². The maximum absolute atomic E-state index is 13.9. The Bertz CT molecular complexity index is 1260. The maximum atomic E-state index is 13.9. The zero-order valence-electron chi connectivity index (χ0n) is 25.8. The molecule has 0 heterocycles. The molecule has 44 heavy (non-hydrogen) atoms. The highest BCUT2D eigenvalue weighted by Gasteiger charge is 2.77. The van der Waals surface area contributed by atoms with Crippen LogP contribution in [0.15, 0.2) is 18.2 Å². The molecule has 244 valence electrons. The van der Waals surface area contributed by atoms with Crippen molar-refractivity contribution in [1.82, 2.24) is 5.32 Å². The van der Waals surface area contributed by atoms with Crippen molar-refractivity contribution in [2.45, 2.75) is 78.7 Å². The van der Waals surface area contributed by atoms with E-state index in [1.807, 2.05) is 0 Å². The third-order valence-electron chi connectivity index (χ3n) is 7.18. The van der Waals surface area contributed by atoms with Gasteiger partial charge in [-0.1, -0.05) is 57.0 Å². The van der Waals surface area contributed by atoms with Crippen molar-refractivity contribution in [3.05, 3.63) is 33.8 Å². The molecule has 0 bridgehead atoms. The van der Waals surface area contributed by atoms with Crippen LogP contribution in [0, 0.1) is 29.6 Å².